The van der Waals surface area contributed by atoms with Crippen LogP contribution in [0.15, 0.2) is 188 Å². The van der Waals surface area contributed by atoms with Crippen LogP contribution in [0.1, 0.15) is 51.7 Å². The molecule has 0 saturated carbocycles. The molecule has 3 heterocycles. The van der Waals surface area contributed by atoms with Crippen molar-refractivity contribution in [3.8, 4) is 45.5 Å². The van der Waals surface area contributed by atoms with Crippen LogP contribution < -0.4 is 0 Å². The van der Waals surface area contributed by atoms with Crippen LogP contribution in [0.4, 0.5) is 0 Å². The first-order valence-electron chi connectivity index (χ1n) is 23.2. The Morgan fingerprint density at radius 3 is 1.74 bits per heavy atom. The highest BCUT2D eigenvalue weighted by atomic mass is 15.2. The number of hydrogen-bond acceptors (Lipinski definition) is 3. The van der Waals surface area contributed by atoms with E-state index in [0.717, 1.165) is 62.7 Å². The van der Waals surface area contributed by atoms with Crippen molar-refractivity contribution in [2.45, 2.75) is 51.4 Å². The normalized spacial score (nSPS) is 14.5. The van der Waals surface area contributed by atoms with Gasteiger partial charge in [0, 0.05) is 38.4 Å². The predicted octanol–water partition coefficient (Wildman–Crippen LogP) is 15.7. The first kappa shape index (κ1) is 38.6. The van der Waals surface area contributed by atoms with Gasteiger partial charge in [0.25, 0.3) is 0 Å². The predicted molar refractivity (Wildman–Crippen MR) is 275 cm³/mol. The highest BCUT2D eigenvalue weighted by Gasteiger charge is 2.40. The number of benzene rings is 9. The fraction of sp³-hybridized carbons (Fsp3) is 0.131. The van der Waals surface area contributed by atoms with E-state index in [0.29, 0.717) is 17.6 Å². The second-order valence-corrected chi connectivity index (χ2v) is 19.5. The zero-order valence-electron chi connectivity index (χ0n) is 37.5. The third-order valence-corrected chi connectivity index (χ3v) is 14.6. The molecule has 0 aliphatic heterocycles. The van der Waals surface area contributed by atoms with E-state index in [-0.39, 0.29) is 10.8 Å². The van der Waals surface area contributed by atoms with Crippen molar-refractivity contribution < 1.29 is 0 Å². The van der Waals surface area contributed by atoms with Gasteiger partial charge in [0.1, 0.15) is 0 Å². The molecular formula is C61H47N5. The molecule has 0 radical (unpaired) electrons. The minimum Gasteiger partial charge on any atom is -0.307 e. The Labute approximate surface area is 383 Å². The van der Waals surface area contributed by atoms with Crippen molar-refractivity contribution >= 4 is 65.2 Å². The van der Waals surface area contributed by atoms with Crippen molar-refractivity contribution in [1.29, 1.82) is 0 Å². The quantitative estimate of drug-likeness (QED) is 0.173. The monoisotopic (exact) mass is 849 g/mol. The lowest BCUT2D eigenvalue weighted by atomic mass is 9.62. The molecule has 1 aliphatic rings. The third-order valence-electron chi connectivity index (χ3n) is 14.6. The van der Waals surface area contributed by atoms with E-state index in [1.54, 1.807) is 0 Å². The smallest absolute Gasteiger partial charge is 0.238 e. The summed E-state index contributed by atoms with van der Waals surface area (Å²) in [4.78, 5) is 16.3. The van der Waals surface area contributed by atoms with Gasteiger partial charge in [-0.15, -0.1) is 0 Å². The summed E-state index contributed by atoms with van der Waals surface area (Å²) in [5, 5.41) is 9.72. The molecule has 0 bridgehead atoms. The lowest BCUT2D eigenvalue weighted by Crippen LogP contribution is -2.34. The molecule has 5 nitrogen and oxygen atoms in total. The Bertz CT molecular complexity index is 3930. The minimum absolute atomic E-state index is 0.0318. The summed E-state index contributed by atoms with van der Waals surface area (Å²) < 4.78 is 4.92. The van der Waals surface area contributed by atoms with Crippen LogP contribution >= 0.6 is 0 Å². The zero-order chi connectivity index (χ0) is 44.3. The van der Waals surface area contributed by atoms with Gasteiger partial charge in [-0.2, -0.15) is 9.97 Å². The van der Waals surface area contributed by atoms with Crippen molar-refractivity contribution in [3.05, 3.63) is 199 Å². The standard InChI is InChI=1S/C61H47N5/c1-60(2)34-35-61(3,4)53-49(60)33-32-48-52-46-27-14-13-26-45(46)51-47-28-15-16-29-50(47)66(56(51)55(52)65(54(48)53)44-24-9-6-10-25-44)59-63-57(39-19-7-5-8-20-39)62-58(64-59)43-23-17-22-41(37-43)42-31-30-38-18-11-12-21-40(38)36-42/h5-33,36-37H,34-35H2,1-4H3. The molecule has 0 amide bonds. The third kappa shape index (κ3) is 5.75. The Morgan fingerprint density at radius 1 is 0.394 bits per heavy atom. The van der Waals surface area contributed by atoms with E-state index in [2.05, 4.69) is 219 Å². The van der Waals surface area contributed by atoms with Gasteiger partial charge < -0.3 is 4.57 Å². The molecule has 0 unspecified atom stereocenters. The molecule has 13 rings (SSSR count). The van der Waals surface area contributed by atoms with Gasteiger partial charge in [0.15, 0.2) is 11.6 Å². The van der Waals surface area contributed by atoms with Gasteiger partial charge in [-0.05, 0) is 97.8 Å². The summed E-state index contributed by atoms with van der Waals surface area (Å²) in [5.41, 5.74) is 12.6. The van der Waals surface area contributed by atoms with Gasteiger partial charge >= 0.3 is 0 Å². The SMILES string of the molecule is CC1(C)CCC(C)(C)c2c1ccc1c3c4ccccc4c4c5ccccc5n(-c5nc(-c6ccccc6)nc(-c6cccc(-c7ccc8ccccc8c7)c6)n5)c4c3n(-c3ccccc3)c21. The first-order chi connectivity index (χ1) is 32.2. The van der Waals surface area contributed by atoms with Crippen molar-refractivity contribution in [1.82, 2.24) is 24.1 Å². The minimum atomic E-state index is -0.0536. The van der Waals surface area contributed by atoms with Crippen LogP contribution in [0, 0.1) is 0 Å². The summed E-state index contributed by atoms with van der Waals surface area (Å²) >= 11 is 0. The fourth-order valence-electron chi connectivity index (χ4n) is 11.2. The Kier molecular flexibility index (Phi) is 8.36. The summed E-state index contributed by atoms with van der Waals surface area (Å²) in [6, 6.07) is 67.8. The van der Waals surface area contributed by atoms with Crippen molar-refractivity contribution in [2.24, 2.45) is 0 Å². The van der Waals surface area contributed by atoms with Crippen LogP contribution in [0.3, 0.4) is 0 Å². The van der Waals surface area contributed by atoms with Gasteiger partial charge in [-0.3, -0.25) is 4.57 Å². The van der Waals surface area contributed by atoms with Crippen LogP contribution in [0.2, 0.25) is 0 Å². The maximum Gasteiger partial charge on any atom is 0.238 e. The van der Waals surface area contributed by atoms with Crippen LogP contribution in [-0.4, -0.2) is 24.1 Å². The molecule has 0 N–H and O–H groups in total. The molecule has 5 heteroatoms. The number of hydrogen-bond donors (Lipinski definition) is 0. The van der Waals surface area contributed by atoms with Crippen molar-refractivity contribution in [3.63, 3.8) is 0 Å². The molecular weight excluding hydrogens is 803 g/mol. The zero-order valence-corrected chi connectivity index (χ0v) is 37.5. The lowest BCUT2D eigenvalue weighted by Gasteiger charge is -2.42. The lowest BCUT2D eigenvalue weighted by molar-refractivity contribution is 0.334. The Hall–Kier alpha value is -7.89. The fourth-order valence-corrected chi connectivity index (χ4v) is 11.2. The van der Waals surface area contributed by atoms with E-state index in [1.807, 2.05) is 6.07 Å². The molecule has 0 atom stereocenters. The summed E-state index contributed by atoms with van der Waals surface area (Å²) in [6.45, 7) is 9.75. The average molecular weight is 850 g/mol. The van der Waals surface area contributed by atoms with Gasteiger partial charge in [-0.25, -0.2) is 4.98 Å². The highest BCUT2D eigenvalue weighted by molar-refractivity contribution is 6.36. The molecule has 0 saturated heterocycles. The summed E-state index contributed by atoms with van der Waals surface area (Å²) in [6.07, 6.45) is 2.25. The van der Waals surface area contributed by atoms with E-state index < -0.39 is 0 Å². The van der Waals surface area contributed by atoms with Crippen LogP contribution in [0.25, 0.3) is 111 Å². The molecule has 316 valence electrons. The van der Waals surface area contributed by atoms with Crippen molar-refractivity contribution in [2.75, 3.05) is 0 Å². The maximum atomic E-state index is 5.54. The van der Waals surface area contributed by atoms with Gasteiger partial charge in [-0.1, -0.05) is 185 Å². The molecule has 9 aromatic carbocycles. The second-order valence-electron chi connectivity index (χ2n) is 19.5. The van der Waals surface area contributed by atoms with E-state index >= 15 is 0 Å². The van der Waals surface area contributed by atoms with E-state index in [1.165, 1.54) is 54.3 Å². The van der Waals surface area contributed by atoms with Gasteiger partial charge in [0.2, 0.25) is 5.95 Å². The highest BCUT2D eigenvalue weighted by Crippen LogP contribution is 2.53. The number of para-hydroxylation sites is 2. The number of aromatic nitrogens is 5. The molecule has 12 aromatic rings. The van der Waals surface area contributed by atoms with Crippen LogP contribution in [0.5, 0.6) is 0 Å². The first-order valence-corrected chi connectivity index (χ1v) is 23.2. The largest absolute Gasteiger partial charge is 0.307 e. The van der Waals surface area contributed by atoms with E-state index in [4.69, 9.17) is 15.0 Å². The van der Waals surface area contributed by atoms with E-state index in [9.17, 15) is 0 Å². The van der Waals surface area contributed by atoms with Crippen LogP contribution in [-0.2, 0) is 10.8 Å². The summed E-state index contributed by atoms with van der Waals surface area (Å²) in [7, 11) is 0. The Balaban J connectivity index is 1.19. The number of nitrogens with zero attached hydrogens (tertiary/aromatic N) is 5. The molecule has 3 aromatic heterocycles. The number of rotatable bonds is 5. The molecule has 0 fully saturated rings. The second kappa shape index (κ2) is 14.3. The maximum absolute atomic E-state index is 5.54. The molecule has 1 aliphatic carbocycles. The number of fused-ring (bicyclic) bond motifs is 13. The van der Waals surface area contributed by atoms with Gasteiger partial charge in [0.05, 0.1) is 22.1 Å². The average Bonchev–Trinajstić information content (AvgIpc) is 3.90. The Morgan fingerprint density at radius 2 is 0.970 bits per heavy atom. The molecule has 0 spiro atoms. The molecule has 66 heavy (non-hydrogen) atoms. The summed E-state index contributed by atoms with van der Waals surface area (Å²) in [5.74, 6) is 1.81. The topological polar surface area (TPSA) is 48.5 Å².